The second-order valence-corrected chi connectivity index (χ2v) is 13.4. The minimum absolute atomic E-state index is 0.129. The molecule has 0 aromatic carbocycles. The van der Waals surface area contributed by atoms with Crippen molar-refractivity contribution in [2.24, 2.45) is 0 Å². The SMILES string of the molecule is CCCCCCCCCCCCCCCCOCC(COP(=O)(O)OCCCCCC[N+](C)(C)C)OC(C)=O. The van der Waals surface area contributed by atoms with Crippen molar-refractivity contribution in [1.29, 1.82) is 0 Å². The monoisotopic (exact) mass is 580 g/mol. The van der Waals surface area contributed by atoms with E-state index in [2.05, 4.69) is 28.1 Å². The van der Waals surface area contributed by atoms with Crippen molar-refractivity contribution in [3.8, 4) is 0 Å². The van der Waals surface area contributed by atoms with Crippen LogP contribution in [0.2, 0.25) is 0 Å². The molecule has 1 N–H and O–H groups in total. The van der Waals surface area contributed by atoms with Gasteiger partial charge in [0.25, 0.3) is 0 Å². The fraction of sp³-hybridized carbons (Fsp3) is 0.967. The Morgan fingerprint density at radius 1 is 0.692 bits per heavy atom. The molecule has 0 bridgehead atoms. The van der Waals surface area contributed by atoms with Crippen LogP contribution in [0, 0.1) is 0 Å². The van der Waals surface area contributed by atoms with Gasteiger partial charge in [0.2, 0.25) is 0 Å². The molecule has 0 heterocycles. The van der Waals surface area contributed by atoms with Crippen molar-refractivity contribution in [2.75, 3.05) is 54.1 Å². The summed E-state index contributed by atoms with van der Waals surface area (Å²) < 4.78 is 34.1. The molecule has 234 valence electrons. The number of hydrogen-bond acceptors (Lipinski definition) is 6. The second kappa shape index (κ2) is 25.2. The summed E-state index contributed by atoms with van der Waals surface area (Å²) in [5, 5.41) is 0. The summed E-state index contributed by atoms with van der Waals surface area (Å²) in [5.41, 5.74) is 0. The van der Waals surface area contributed by atoms with Crippen LogP contribution in [0.3, 0.4) is 0 Å². The number of carbonyl (C=O) groups excluding carboxylic acids is 1. The molecule has 0 aliphatic rings. The predicted molar refractivity (Wildman–Crippen MR) is 160 cm³/mol. The highest BCUT2D eigenvalue weighted by Gasteiger charge is 2.24. The zero-order valence-electron chi connectivity index (χ0n) is 26.1. The molecule has 0 aromatic heterocycles. The zero-order chi connectivity index (χ0) is 29.2. The van der Waals surface area contributed by atoms with Crippen LogP contribution in [0.25, 0.3) is 0 Å². The van der Waals surface area contributed by atoms with Gasteiger partial charge in [0, 0.05) is 13.5 Å². The van der Waals surface area contributed by atoms with E-state index in [1.807, 2.05) is 0 Å². The smallest absolute Gasteiger partial charge is 0.458 e. The highest BCUT2D eigenvalue weighted by Crippen LogP contribution is 2.43. The zero-order valence-corrected chi connectivity index (χ0v) is 27.0. The number of rotatable bonds is 29. The molecule has 0 radical (unpaired) electrons. The largest absolute Gasteiger partial charge is 0.472 e. The van der Waals surface area contributed by atoms with Crippen molar-refractivity contribution in [2.45, 2.75) is 136 Å². The molecule has 2 atom stereocenters. The first-order chi connectivity index (χ1) is 18.6. The third-order valence-corrected chi connectivity index (χ3v) is 7.66. The first-order valence-electron chi connectivity index (χ1n) is 15.7. The Bertz CT molecular complexity index is 613. The number of quaternary nitrogens is 1. The summed E-state index contributed by atoms with van der Waals surface area (Å²) >= 11 is 0. The lowest BCUT2D eigenvalue weighted by atomic mass is 10.0. The molecule has 0 aliphatic heterocycles. The van der Waals surface area contributed by atoms with Crippen LogP contribution >= 0.6 is 7.82 Å². The van der Waals surface area contributed by atoms with Gasteiger partial charge in [-0.15, -0.1) is 0 Å². The van der Waals surface area contributed by atoms with Crippen molar-refractivity contribution >= 4 is 13.8 Å². The fourth-order valence-corrected chi connectivity index (χ4v) is 5.19. The number of nitrogens with zero attached hydrogens (tertiary/aromatic N) is 1. The van der Waals surface area contributed by atoms with E-state index in [1.54, 1.807) is 0 Å². The Morgan fingerprint density at radius 3 is 1.64 bits per heavy atom. The van der Waals surface area contributed by atoms with E-state index in [9.17, 15) is 14.3 Å². The third kappa shape index (κ3) is 30.3. The van der Waals surface area contributed by atoms with Gasteiger partial charge in [-0.2, -0.15) is 0 Å². The highest BCUT2D eigenvalue weighted by atomic mass is 31.2. The molecule has 0 aromatic rings. The molecule has 0 spiro atoms. The van der Waals surface area contributed by atoms with E-state index in [0.29, 0.717) is 13.0 Å². The number of ether oxygens (including phenoxy) is 2. The average Bonchev–Trinajstić information content (AvgIpc) is 2.85. The van der Waals surface area contributed by atoms with Crippen LogP contribution in [0.5, 0.6) is 0 Å². The molecule has 39 heavy (non-hydrogen) atoms. The summed E-state index contributed by atoms with van der Waals surface area (Å²) in [6, 6.07) is 0. The fourth-order valence-electron chi connectivity index (χ4n) is 4.40. The molecule has 2 unspecified atom stereocenters. The van der Waals surface area contributed by atoms with Crippen molar-refractivity contribution in [3.63, 3.8) is 0 Å². The second-order valence-electron chi connectivity index (χ2n) is 11.9. The molecular formula is C30H63NO7P+. The first-order valence-corrected chi connectivity index (χ1v) is 17.2. The van der Waals surface area contributed by atoms with Gasteiger partial charge in [0.05, 0.1) is 47.5 Å². The Hall–Kier alpha value is -0.500. The predicted octanol–water partition coefficient (Wildman–Crippen LogP) is 7.82. The number of esters is 1. The summed E-state index contributed by atoms with van der Waals surface area (Å²) in [5.74, 6) is -0.480. The molecule has 0 rings (SSSR count). The molecular weight excluding hydrogens is 517 g/mol. The normalized spacial score (nSPS) is 14.3. The van der Waals surface area contributed by atoms with Gasteiger partial charge < -0.3 is 18.9 Å². The standard InChI is InChI=1S/C30H62NO7P/c1-6-7-8-9-10-11-12-13-14-15-16-17-19-22-25-35-27-30(38-29(2)32)28-37-39(33,34)36-26-23-20-18-21-24-31(3,4)5/h30H,6-28H2,1-5H3/p+1. The van der Waals surface area contributed by atoms with Gasteiger partial charge in [-0.3, -0.25) is 13.8 Å². The van der Waals surface area contributed by atoms with Crippen LogP contribution in [-0.2, 0) is 27.9 Å². The van der Waals surface area contributed by atoms with Crippen molar-refractivity contribution in [3.05, 3.63) is 0 Å². The molecule has 0 aliphatic carbocycles. The maximum Gasteiger partial charge on any atom is 0.472 e. The molecule has 9 heteroatoms. The van der Waals surface area contributed by atoms with Gasteiger partial charge in [0.15, 0.2) is 0 Å². The quantitative estimate of drug-likeness (QED) is 0.0417. The van der Waals surface area contributed by atoms with E-state index in [0.717, 1.165) is 43.1 Å². The minimum atomic E-state index is -4.20. The van der Waals surface area contributed by atoms with E-state index < -0.39 is 19.9 Å². The van der Waals surface area contributed by atoms with Crippen LogP contribution in [0.1, 0.15) is 129 Å². The number of hydrogen-bond donors (Lipinski definition) is 1. The summed E-state index contributed by atoms with van der Waals surface area (Å²) in [7, 11) is 2.29. The lowest BCUT2D eigenvalue weighted by Crippen LogP contribution is -2.35. The lowest BCUT2D eigenvalue weighted by Gasteiger charge is -2.23. The van der Waals surface area contributed by atoms with Crippen LogP contribution < -0.4 is 0 Å². The van der Waals surface area contributed by atoms with E-state index in [-0.39, 0.29) is 19.8 Å². The number of carbonyl (C=O) groups is 1. The highest BCUT2D eigenvalue weighted by molar-refractivity contribution is 7.47. The molecule has 0 fully saturated rings. The molecule has 0 amide bonds. The maximum absolute atomic E-state index is 12.2. The van der Waals surface area contributed by atoms with E-state index >= 15 is 0 Å². The maximum atomic E-state index is 12.2. The Balaban J connectivity index is 3.80. The van der Waals surface area contributed by atoms with Crippen LogP contribution in [0.4, 0.5) is 0 Å². The van der Waals surface area contributed by atoms with Crippen molar-refractivity contribution in [1.82, 2.24) is 0 Å². The molecule has 8 nitrogen and oxygen atoms in total. The van der Waals surface area contributed by atoms with Crippen LogP contribution in [0.15, 0.2) is 0 Å². The topological polar surface area (TPSA) is 91.3 Å². The summed E-state index contributed by atoms with van der Waals surface area (Å²) in [6.45, 7) is 5.28. The molecule has 0 saturated carbocycles. The van der Waals surface area contributed by atoms with Gasteiger partial charge in [-0.05, 0) is 25.7 Å². The van der Waals surface area contributed by atoms with E-state index in [1.165, 1.54) is 84.0 Å². The third-order valence-electron chi connectivity index (χ3n) is 6.68. The van der Waals surface area contributed by atoms with Crippen molar-refractivity contribution < 1.29 is 37.3 Å². The Kier molecular flexibility index (Phi) is 24.9. The minimum Gasteiger partial charge on any atom is -0.458 e. The first kappa shape index (κ1) is 38.5. The molecule has 0 saturated heterocycles. The van der Waals surface area contributed by atoms with Crippen LogP contribution in [-0.4, -0.2) is 75.6 Å². The number of phosphoric acid groups is 1. The Morgan fingerprint density at radius 2 is 1.15 bits per heavy atom. The average molecular weight is 581 g/mol. The number of unbranched alkanes of at least 4 members (excludes halogenated alkanes) is 16. The summed E-state index contributed by atoms with van der Waals surface area (Å²) in [4.78, 5) is 21.4. The lowest BCUT2D eigenvalue weighted by molar-refractivity contribution is -0.870. The number of phosphoric ester groups is 1. The van der Waals surface area contributed by atoms with Gasteiger partial charge in [-0.1, -0.05) is 96.8 Å². The van der Waals surface area contributed by atoms with Gasteiger partial charge >= 0.3 is 13.8 Å². The van der Waals surface area contributed by atoms with Gasteiger partial charge in [0.1, 0.15) is 6.10 Å². The van der Waals surface area contributed by atoms with E-state index in [4.69, 9.17) is 18.5 Å². The van der Waals surface area contributed by atoms with Gasteiger partial charge in [-0.25, -0.2) is 4.57 Å². The summed E-state index contributed by atoms with van der Waals surface area (Å²) in [6.07, 6.45) is 21.3. The Labute approximate surface area is 240 Å².